The fraction of sp³-hybridized carbons (Fsp3) is 0.111. The summed E-state index contributed by atoms with van der Waals surface area (Å²) < 4.78 is 10.6. The minimum absolute atomic E-state index is 0.297. The van der Waals surface area contributed by atoms with Gasteiger partial charge in [-0.25, -0.2) is 0 Å². The average molecular weight is 225 g/mol. The van der Waals surface area contributed by atoms with Gasteiger partial charge in [-0.05, 0) is 12.1 Å². The number of amides is 2. The van der Waals surface area contributed by atoms with Crippen LogP contribution in [0.25, 0.3) is 0 Å². The van der Waals surface area contributed by atoms with E-state index in [1.165, 1.54) is 12.1 Å². The summed E-state index contributed by atoms with van der Waals surface area (Å²) in [6, 6.07) is 6.36. The van der Waals surface area contributed by atoms with Gasteiger partial charge in [-0.15, -0.1) is 0 Å². The fourth-order valence-corrected chi connectivity index (χ4v) is 2.08. The molecule has 0 fully saturated rings. The number of imide groups is 1. The molecule has 1 aromatic rings. The molecule has 78 valence electrons. The fourth-order valence-electron chi connectivity index (χ4n) is 1.52. The predicted molar refractivity (Wildman–Crippen MR) is 53.0 cm³/mol. The van der Waals surface area contributed by atoms with Gasteiger partial charge < -0.3 is 4.89 Å². The lowest BCUT2D eigenvalue weighted by Crippen LogP contribution is -2.29. The molecule has 6 heteroatoms. The quantitative estimate of drug-likeness (QED) is 0.594. The van der Waals surface area contributed by atoms with Crippen LogP contribution in [-0.2, 0) is 4.57 Å². The van der Waals surface area contributed by atoms with Crippen molar-refractivity contribution < 1.29 is 19.0 Å². The molecule has 0 aromatic heterocycles. The molecule has 0 saturated heterocycles. The highest BCUT2D eigenvalue weighted by molar-refractivity contribution is 7.38. The third-order valence-electron chi connectivity index (χ3n) is 2.17. The molecule has 0 radical (unpaired) electrons. The van der Waals surface area contributed by atoms with E-state index < -0.39 is 26.1 Å². The summed E-state index contributed by atoms with van der Waals surface area (Å²) in [7, 11) is -2.87. The van der Waals surface area contributed by atoms with Crippen LogP contribution >= 0.6 is 8.03 Å². The summed E-state index contributed by atoms with van der Waals surface area (Å²) in [6.07, 6.45) is -0.406. The molecule has 0 aliphatic carbocycles. The highest BCUT2D eigenvalue weighted by Gasteiger charge is 2.35. The van der Waals surface area contributed by atoms with Crippen LogP contribution in [0, 0.1) is 0 Å². The van der Waals surface area contributed by atoms with Gasteiger partial charge in [-0.1, -0.05) is 12.1 Å². The van der Waals surface area contributed by atoms with Gasteiger partial charge in [0, 0.05) is 0 Å². The molecule has 2 amide bonds. The lowest BCUT2D eigenvalue weighted by Gasteiger charge is -2.10. The van der Waals surface area contributed by atoms with Gasteiger partial charge >= 0.3 is 0 Å². The number of carbonyl (C=O) groups is 2. The molecular weight excluding hydrogens is 217 g/mol. The number of fused-ring (bicyclic) bond motifs is 1. The Hall–Kier alpha value is -1.45. The van der Waals surface area contributed by atoms with E-state index in [0.29, 0.717) is 11.1 Å². The summed E-state index contributed by atoms with van der Waals surface area (Å²) in [5.74, 6) is -0.994. The molecule has 0 saturated carbocycles. The Morgan fingerprint density at radius 1 is 1.13 bits per heavy atom. The van der Waals surface area contributed by atoms with Crippen molar-refractivity contribution >= 4 is 19.8 Å². The average Bonchev–Trinajstić information content (AvgIpc) is 2.44. The van der Waals surface area contributed by atoms with Gasteiger partial charge in [-0.3, -0.25) is 19.1 Å². The molecule has 0 bridgehead atoms. The standard InChI is InChI=1S/C9H8NO4P/c11-8-6-3-1-2-4-7(6)9(12)10(8)5-15(13)14/h1-4,15H,5H2,(H,13,14). The van der Waals surface area contributed by atoms with Crippen LogP contribution in [0.5, 0.6) is 0 Å². The summed E-state index contributed by atoms with van der Waals surface area (Å²) in [4.78, 5) is 32.8. The SMILES string of the molecule is O=C1c2ccccc2C(=O)N1C[PH](=O)O. The predicted octanol–water partition coefficient (Wildman–Crippen LogP) is 0.707. The summed E-state index contributed by atoms with van der Waals surface area (Å²) in [5, 5.41) is 0. The van der Waals surface area contributed by atoms with Gasteiger partial charge in [0.1, 0.15) is 6.29 Å². The van der Waals surface area contributed by atoms with Gasteiger partial charge in [-0.2, -0.15) is 0 Å². The van der Waals surface area contributed by atoms with Crippen molar-refractivity contribution in [2.45, 2.75) is 0 Å². The molecule has 5 nitrogen and oxygen atoms in total. The molecule has 15 heavy (non-hydrogen) atoms. The third kappa shape index (κ3) is 1.60. The first-order chi connectivity index (χ1) is 7.11. The minimum Gasteiger partial charge on any atom is -0.345 e. The number of hydrogen-bond donors (Lipinski definition) is 1. The van der Waals surface area contributed by atoms with Crippen molar-refractivity contribution in [1.82, 2.24) is 4.90 Å². The Kier molecular flexibility index (Phi) is 2.42. The first kappa shape index (κ1) is 10.1. The molecule has 1 unspecified atom stereocenters. The van der Waals surface area contributed by atoms with E-state index >= 15 is 0 Å². The van der Waals surface area contributed by atoms with Crippen molar-refractivity contribution in [3.8, 4) is 0 Å². The Morgan fingerprint density at radius 3 is 2.00 bits per heavy atom. The van der Waals surface area contributed by atoms with Gasteiger partial charge in [0.25, 0.3) is 11.8 Å². The Bertz CT molecular complexity index is 436. The van der Waals surface area contributed by atoms with Crippen LogP contribution in [0.4, 0.5) is 0 Å². The van der Waals surface area contributed by atoms with Gasteiger partial charge in [0.05, 0.1) is 11.1 Å². The van der Waals surface area contributed by atoms with Crippen LogP contribution < -0.4 is 0 Å². The molecule has 2 rings (SSSR count). The number of hydrogen-bond acceptors (Lipinski definition) is 3. The summed E-state index contributed by atoms with van der Waals surface area (Å²) in [6.45, 7) is 0. The van der Waals surface area contributed by atoms with Crippen molar-refractivity contribution in [3.63, 3.8) is 0 Å². The summed E-state index contributed by atoms with van der Waals surface area (Å²) in [5.41, 5.74) is 0.594. The first-order valence-electron chi connectivity index (χ1n) is 4.28. The molecule has 1 aromatic carbocycles. The number of benzene rings is 1. The lowest BCUT2D eigenvalue weighted by molar-refractivity contribution is 0.0678. The maximum atomic E-state index is 11.6. The normalized spacial score (nSPS) is 16.7. The Labute approximate surface area is 86.2 Å². The topological polar surface area (TPSA) is 74.7 Å². The van der Waals surface area contributed by atoms with E-state index in [1.807, 2.05) is 0 Å². The molecule has 0 spiro atoms. The van der Waals surface area contributed by atoms with Crippen LogP contribution in [0.3, 0.4) is 0 Å². The Balaban J connectivity index is 2.41. The van der Waals surface area contributed by atoms with Crippen molar-refractivity contribution in [2.75, 3.05) is 6.29 Å². The zero-order valence-corrected chi connectivity index (χ0v) is 8.64. The van der Waals surface area contributed by atoms with Gasteiger partial charge in [0.2, 0.25) is 8.03 Å². The molecule has 1 heterocycles. The first-order valence-corrected chi connectivity index (χ1v) is 5.84. The monoisotopic (exact) mass is 225 g/mol. The highest BCUT2D eigenvalue weighted by atomic mass is 31.1. The largest absolute Gasteiger partial charge is 0.345 e. The highest BCUT2D eigenvalue weighted by Crippen LogP contribution is 2.26. The number of carbonyl (C=O) groups excluding carboxylic acids is 2. The van der Waals surface area contributed by atoms with Crippen LogP contribution in [0.15, 0.2) is 24.3 Å². The van der Waals surface area contributed by atoms with E-state index in [-0.39, 0.29) is 0 Å². The zero-order chi connectivity index (χ0) is 11.0. The number of nitrogens with zero attached hydrogens (tertiary/aromatic N) is 1. The van der Waals surface area contributed by atoms with Crippen LogP contribution in [-0.4, -0.2) is 27.9 Å². The van der Waals surface area contributed by atoms with E-state index in [9.17, 15) is 14.2 Å². The maximum Gasteiger partial charge on any atom is 0.262 e. The zero-order valence-electron chi connectivity index (χ0n) is 7.64. The molecule has 1 N–H and O–H groups in total. The Morgan fingerprint density at radius 2 is 1.60 bits per heavy atom. The second kappa shape index (κ2) is 3.61. The molecule has 1 aliphatic rings. The maximum absolute atomic E-state index is 11.6. The number of rotatable bonds is 2. The molecule has 1 aliphatic heterocycles. The van der Waals surface area contributed by atoms with Crippen molar-refractivity contribution in [2.24, 2.45) is 0 Å². The molecule has 1 atom stereocenters. The third-order valence-corrected chi connectivity index (χ3v) is 2.76. The second-order valence-corrected chi connectivity index (χ2v) is 4.24. The second-order valence-electron chi connectivity index (χ2n) is 3.14. The molecular formula is C9H8NO4P. The van der Waals surface area contributed by atoms with Crippen LogP contribution in [0.2, 0.25) is 0 Å². The van der Waals surface area contributed by atoms with E-state index in [2.05, 4.69) is 0 Å². The summed E-state index contributed by atoms with van der Waals surface area (Å²) >= 11 is 0. The lowest BCUT2D eigenvalue weighted by atomic mass is 10.1. The van der Waals surface area contributed by atoms with E-state index in [4.69, 9.17) is 4.89 Å². The van der Waals surface area contributed by atoms with Crippen molar-refractivity contribution in [3.05, 3.63) is 35.4 Å². The van der Waals surface area contributed by atoms with E-state index in [1.54, 1.807) is 12.1 Å². The van der Waals surface area contributed by atoms with E-state index in [0.717, 1.165) is 4.90 Å². The van der Waals surface area contributed by atoms with Crippen molar-refractivity contribution in [1.29, 1.82) is 0 Å². The smallest absolute Gasteiger partial charge is 0.262 e. The van der Waals surface area contributed by atoms with Crippen LogP contribution in [0.1, 0.15) is 20.7 Å². The van der Waals surface area contributed by atoms with Gasteiger partial charge in [0.15, 0.2) is 0 Å². The minimum atomic E-state index is -2.87.